The standard InChI is InChI=1S/C12H15ClOS/c13-11-5-4-10(9-15-11)8-12(14)6-2-1-3-7-12/h4,9,14H,1-3,6-8H2. The van der Waals surface area contributed by atoms with Crippen LogP contribution in [0.3, 0.4) is 0 Å². The summed E-state index contributed by atoms with van der Waals surface area (Å²) < 4.78 is 0.675. The minimum Gasteiger partial charge on any atom is -0.390 e. The molecule has 0 spiro atoms. The van der Waals surface area contributed by atoms with E-state index < -0.39 is 5.60 Å². The van der Waals surface area contributed by atoms with E-state index in [4.69, 9.17) is 11.6 Å². The third kappa shape index (κ3) is 3.15. The number of aliphatic hydroxyl groups is 1. The first-order valence-corrected chi connectivity index (χ1v) is 6.64. The minimum atomic E-state index is -0.480. The molecule has 0 radical (unpaired) electrons. The van der Waals surface area contributed by atoms with Crippen LogP contribution in [0.4, 0.5) is 0 Å². The van der Waals surface area contributed by atoms with E-state index in [0.29, 0.717) is 4.36 Å². The van der Waals surface area contributed by atoms with E-state index in [9.17, 15) is 5.11 Å². The van der Waals surface area contributed by atoms with Crippen LogP contribution in [0.15, 0.2) is 27.2 Å². The summed E-state index contributed by atoms with van der Waals surface area (Å²) in [6, 6.07) is 0. The molecule has 0 aromatic carbocycles. The van der Waals surface area contributed by atoms with Crippen LogP contribution in [0.1, 0.15) is 38.5 Å². The summed E-state index contributed by atoms with van der Waals surface area (Å²) in [4.78, 5) is 0. The monoisotopic (exact) mass is 242 g/mol. The molecule has 1 fully saturated rings. The fourth-order valence-corrected chi connectivity index (χ4v) is 2.93. The first kappa shape index (κ1) is 11.3. The Morgan fingerprint density at radius 1 is 1.40 bits per heavy atom. The zero-order valence-electron chi connectivity index (χ0n) is 8.63. The molecule has 0 atom stereocenters. The second kappa shape index (κ2) is 4.80. The summed E-state index contributed by atoms with van der Waals surface area (Å²) in [6.45, 7) is 0. The molecule has 15 heavy (non-hydrogen) atoms. The molecule has 1 nitrogen and oxygen atoms in total. The number of hydrogen-bond donors (Lipinski definition) is 1. The Kier molecular flexibility index (Phi) is 3.63. The number of hydrogen-bond acceptors (Lipinski definition) is 2. The molecule has 3 heteroatoms. The number of thioether (sulfide) groups is 1. The summed E-state index contributed by atoms with van der Waals surface area (Å²) in [5, 5.41) is 12.4. The van der Waals surface area contributed by atoms with Crippen LogP contribution in [0, 0.1) is 0 Å². The van der Waals surface area contributed by atoms with Gasteiger partial charge in [-0.25, -0.2) is 0 Å². The maximum absolute atomic E-state index is 10.4. The minimum absolute atomic E-state index is 0.480. The molecular weight excluding hydrogens is 228 g/mol. The Morgan fingerprint density at radius 2 is 2.13 bits per heavy atom. The fraction of sp³-hybridized carbons (Fsp3) is 0.583. The molecule has 0 saturated heterocycles. The van der Waals surface area contributed by atoms with Gasteiger partial charge in [-0.1, -0.05) is 48.4 Å². The van der Waals surface area contributed by atoms with Gasteiger partial charge in [-0.05, 0) is 29.9 Å². The molecule has 1 N–H and O–H groups in total. The first-order chi connectivity index (χ1) is 7.18. The van der Waals surface area contributed by atoms with Gasteiger partial charge in [0.05, 0.1) is 5.60 Å². The lowest BCUT2D eigenvalue weighted by molar-refractivity contribution is 0.00530. The highest BCUT2D eigenvalue weighted by atomic mass is 35.5. The van der Waals surface area contributed by atoms with Gasteiger partial charge in [-0.2, -0.15) is 0 Å². The zero-order valence-corrected chi connectivity index (χ0v) is 10.2. The third-order valence-electron chi connectivity index (χ3n) is 3.00. The third-order valence-corrected chi connectivity index (χ3v) is 4.12. The quantitative estimate of drug-likeness (QED) is 0.741. The molecule has 1 heterocycles. The predicted molar refractivity (Wildman–Crippen MR) is 65.8 cm³/mol. The van der Waals surface area contributed by atoms with Crippen LogP contribution in [0.2, 0.25) is 0 Å². The van der Waals surface area contributed by atoms with Crippen molar-refractivity contribution in [2.45, 2.75) is 44.1 Å². The van der Waals surface area contributed by atoms with Gasteiger partial charge in [0.25, 0.3) is 0 Å². The normalized spacial score (nSPS) is 24.7. The van der Waals surface area contributed by atoms with E-state index >= 15 is 0 Å². The Labute approximate surface area is 99.9 Å². The van der Waals surface area contributed by atoms with Gasteiger partial charge in [0.1, 0.15) is 4.36 Å². The van der Waals surface area contributed by atoms with Crippen LogP contribution in [-0.4, -0.2) is 10.7 Å². The Bertz CT molecular complexity index is 334. The number of rotatable bonds is 2. The van der Waals surface area contributed by atoms with E-state index in [1.54, 1.807) is 0 Å². The largest absolute Gasteiger partial charge is 0.390 e. The van der Waals surface area contributed by atoms with Crippen LogP contribution in [0.25, 0.3) is 0 Å². The van der Waals surface area contributed by atoms with E-state index in [2.05, 4.69) is 5.73 Å². The van der Waals surface area contributed by atoms with Crippen molar-refractivity contribution in [1.29, 1.82) is 0 Å². The van der Waals surface area contributed by atoms with Crippen molar-refractivity contribution in [3.8, 4) is 0 Å². The van der Waals surface area contributed by atoms with Crippen molar-refractivity contribution in [3.63, 3.8) is 0 Å². The average molecular weight is 243 g/mol. The molecule has 0 amide bonds. The van der Waals surface area contributed by atoms with Crippen molar-refractivity contribution >= 4 is 23.4 Å². The maximum atomic E-state index is 10.4. The summed E-state index contributed by atoms with van der Waals surface area (Å²) >= 11 is 7.27. The molecule has 1 saturated carbocycles. The van der Waals surface area contributed by atoms with E-state index in [-0.39, 0.29) is 0 Å². The highest BCUT2D eigenvalue weighted by molar-refractivity contribution is 8.07. The van der Waals surface area contributed by atoms with Crippen LogP contribution >= 0.6 is 23.4 Å². The lowest BCUT2D eigenvalue weighted by Crippen LogP contribution is -2.31. The van der Waals surface area contributed by atoms with Crippen molar-refractivity contribution in [1.82, 2.24) is 0 Å². The topological polar surface area (TPSA) is 20.2 Å². The molecule has 0 unspecified atom stereocenters. The van der Waals surface area contributed by atoms with Gasteiger partial charge in [0.2, 0.25) is 0 Å². The van der Waals surface area contributed by atoms with Gasteiger partial charge in [-0.3, -0.25) is 0 Å². The van der Waals surface area contributed by atoms with E-state index in [1.165, 1.54) is 18.2 Å². The Hall–Kier alpha value is -0.140. The molecule has 1 aliphatic heterocycles. The van der Waals surface area contributed by atoms with Crippen LogP contribution in [0.5, 0.6) is 0 Å². The average Bonchev–Trinajstić information content (AvgIpc) is 2.22. The summed E-state index contributed by atoms with van der Waals surface area (Å²) in [7, 11) is 0. The Morgan fingerprint density at radius 3 is 2.73 bits per heavy atom. The van der Waals surface area contributed by atoms with Gasteiger partial charge in [-0.15, -0.1) is 0 Å². The zero-order chi connectivity index (χ0) is 10.7. The van der Waals surface area contributed by atoms with Gasteiger partial charge in [0.15, 0.2) is 0 Å². The Balaban J connectivity index is 2.00. The molecular formula is C12H15ClOS. The lowest BCUT2D eigenvalue weighted by Gasteiger charge is -2.32. The second-order valence-electron chi connectivity index (χ2n) is 4.33. The van der Waals surface area contributed by atoms with Gasteiger partial charge in [0, 0.05) is 6.42 Å². The second-order valence-corrected chi connectivity index (χ2v) is 5.82. The molecule has 82 valence electrons. The molecule has 2 rings (SSSR count). The van der Waals surface area contributed by atoms with Gasteiger partial charge < -0.3 is 5.11 Å². The van der Waals surface area contributed by atoms with Crippen LogP contribution in [-0.2, 0) is 0 Å². The first-order valence-electron chi connectivity index (χ1n) is 5.38. The molecule has 2 aliphatic rings. The highest BCUT2D eigenvalue weighted by Gasteiger charge is 2.29. The van der Waals surface area contributed by atoms with Crippen molar-refractivity contribution in [3.05, 3.63) is 27.2 Å². The lowest BCUT2D eigenvalue weighted by atomic mass is 9.80. The summed E-state index contributed by atoms with van der Waals surface area (Å²) in [5.41, 5.74) is 3.65. The molecule has 0 aromatic rings. The van der Waals surface area contributed by atoms with E-state index in [0.717, 1.165) is 37.7 Å². The summed E-state index contributed by atoms with van der Waals surface area (Å²) in [5.74, 6) is 0. The maximum Gasteiger partial charge on any atom is 0.120 e. The van der Waals surface area contributed by atoms with E-state index in [1.807, 2.05) is 11.5 Å². The molecule has 0 bridgehead atoms. The van der Waals surface area contributed by atoms with Crippen molar-refractivity contribution < 1.29 is 5.11 Å². The van der Waals surface area contributed by atoms with Gasteiger partial charge >= 0.3 is 0 Å². The van der Waals surface area contributed by atoms with Crippen molar-refractivity contribution in [2.75, 3.05) is 0 Å². The fourth-order valence-electron chi connectivity index (χ4n) is 2.20. The SMILES string of the molecule is OC1(CC2=CSC(Cl)=C=C2)CCCCC1. The predicted octanol–water partition coefficient (Wildman–Crippen LogP) is 3.94. The molecule has 1 aliphatic carbocycles. The van der Waals surface area contributed by atoms with Crippen LogP contribution < -0.4 is 0 Å². The summed E-state index contributed by atoms with van der Waals surface area (Å²) in [6.07, 6.45) is 8.06. The number of allylic oxidation sites excluding steroid dienone is 1. The number of halogens is 1. The molecule has 0 aromatic heterocycles. The smallest absolute Gasteiger partial charge is 0.120 e. The highest BCUT2D eigenvalue weighted by Crippen LogP contribution is 2.36. The van der Waals surface area contributed by atoms with Crippen molar-refractivity contribution in [2.24, 2.45) is 0 Å².